The van der Waals surface area contributed by atoms with E-state index < -0.39 is 45.2 Å². The monoisotopic (exact) mass is 554 g/mol. The molecule has 1 saturated carbocycles. The Morgan fingerprint density at radius 1 is 1.09 bits per heavy atom. The number of amides is 4. The number of allylic oxidation sites excluding steroid dienone is 2. The summed E-state index contributed by atoms with van der Waals surface area (Å²) in [6.45, 7) is 2.01. The van der Waals surface area contributed by atoms with Crippen LogP contribution in [-0.2, 0) is 19.2 Å². The van der Waals surface area contributed by atoms with Crippen LogP contribution in [0.5, 0.6) is 5.75 Å². The number of likely N-dealkylation sites (tertiary alicyclic amines) is 2. The number of carbonyl (C=O) groups is 4. The van der Waals surface area contributed by atoms with Crippen LogP contribution >= 0.6 is 39.1 Å². The molecule has 2 heterocycles. The molecule has 0 bridgehead atoms. The summed E-state index contributed by atoms with van der Waals surface area (Å²) in [6.07, 6.45) is 2.17. The van der Waals surface area contributed by atoms with Crippen molar-refractivity contribution in [2.45, 2.75) is 35.4 Å². The van der Waals surface area contributed by atoms with Gasteiger partial charge in [-0.1, -0.05) is 39.7 Å². The first-order chi connectivity index (χ1) is 15.6. The molecule has 33 heavy (non-hydrogen) atoms. The molecule has 4 aliphatic rings. The van der Waals surface area contributed by atoms with Crippen molar-refractivity contribution in [2.75, 3.05) is 12.0 Å². The number of phenolic OH excluding ortho intramolecular Hbond substituents is 1. The molecular weight excluding hydrogens is 535 g/mol. The number of nitrogens with zero attached hydrogens (tertiary/aromatic N) is 2. The second kappa shape index (κ2) is 7.55. The molecular formula is C23H21BrCl2N2O5. The summed E-state index contributed by atoms with van der Waals surface area (Å²) in [5.74, 6) is -4.39. The fourth-order valence-electron chi connectivity index (χ4n) is 6.21. The van der Waals surface area contributed by atoms with Gasteiger partial charge in [0.1, 0.15) is 5.75 Å². The Morgan fingerprint density at radius 2 is 1.82 bits per heavy atom. The van der Waals surface area contributed by atoms with E-state index in [1.807, 2.05) is 6.08 Å². The third-order valence-corrected chi connectivity index (χ3v) is 9.54. The topological polar surface area (TPSA) is 95.0 Å². The highest BCUT2D eigenvalue weighted by Crippen LogP contribution is 2.65. The van der Waals surface area contributed by atoms with Crippen LogP contribution in [0.25, 0.3) is 0 Å². The summed E-state index contributed by atoms with van der Waals surface area (Å²) in [6, 6.07) is 6.34. The number of rotatable bonds is 3. The summed E-state index contributed by atoms with van der Waals surface area (Å²) in [4.78, 5) is 51.7. The van der Waals surface area contributed by atoms with Gasteiger partial charge in [-0.15, -0.1) is 23.2 Å². The van der Waals surface area contributed by atoms with Gasteiger partial charge in [0.15, 0.2) is 9.75 Å². The number of imide groups is 2. The van der Waals surface area contributed by atoms with E-state index in [1.165, 1.54) is 17.0 Å². The van der Waals surface area contributed by atoms with Gasteiger partial charge < -0.3 is 5.11 Å². The van der Waals surface area contributed by atoms with E-state index in [0.717, 1.165) is 4.90 Å². The molecule has 0 aromatic heterocycles. The smallest absolute Gasteiger partial charge is 0.254 e. The lowest BCUT2D eigenvalue weighted by Gasteiger charge is -2.50. The van der Waals surface area contributed by atoms with Crippen LogP contribution in [0.15, 0.2) is 35.9 Å². The second-order valence-corrected chi connectivity index (χ2v) is 10.7. The van der Waals surface area contributed by atoms with Gasteiger partial charge in [0.25, 0.3) is 11.8 Å². The molecule has 5 rings (SSSR count). The first-order valence-electron chi connectivity index (χ1n) is 10.8. The van der Waals surface area contributed by atoms with Gasteiger partial charge in [-0.2, -0.15) is 0 Å². The highest BCUT2D eigenvalue weighted by Gasteiger charge is 2.76. The normalized spacial score (nSPS) is 37.8. The maximum absolute atomic E-state index is 13.5. The molecule has 6 atom stereocenters. The predicted molar refractivity (Wildman–Crippen MR) is 124 cm³/mol. The van der Waals surface area contributed by atoms with Gasteiger partial charge in [0.05, 0.1) is 17.3 Å². The molecule has 4 amide bonds. The molecule has 10 heteroatoms. The van der Waals surface area contributed by atoms with Crippen LogP contribution in [0, 0.1) is 17.8 Å². The number of halogens is 3. The summed E-state index contributed by atoms with van der Waals surface area (Å²) in [7, 11) is 0. The van der Waals surface area contributed by atoms with E-state index >= 15 is 0 Å². The predicted octanol–water partition coefficient (Wildman–Crippen LogP) is 3.12. The van der Waals surface area contributed by atoms with Gasteiger partial charge >= 0.3 is 0 Å². The Morgan fingerprint density at radius 3 is 2.45 bits per heavy atom. The number of hydrogen-bond acceptors (Lipinski definition) is 5. The Labute approximate surface area is 208 Å². The fraction of sp³-hybridized carbons (Fsp3) is 0.478. The molecule has 7 nitrogen and oxygen atoms in total. The molecule has 2 aliphatic heterocycles. The average Bonchev–Trinajstić information content (AvgIpc) is 3.11. The third kappa shape index (κ3) is 2.74. The van der Waals surface area contributed by atoms with Gasteiger partial charge in [-0.25, -0.2) is 0 Å². The molecule has 174 valence electrons. The lowest BCUT2D eigenvalue weighted by atomic mass is 9.56. The summed E-state index contributed by atoms with van der Waals surface area (Å²) in [5.41, 5.74) is 1.16. The number of alkyl halides is 3. The highest BCUT2D eigenvalue weighted by molar-refractivity contribution is 9.09. The molecule has 0 radical (unpaired) electrons. The maximum atomic E-state index is 13.5. The van der Waals surface area contributed by atoms with E-state index in [2.05, 4.69) is 15.9 Å². The van der Waals surface area contributed by atoms with Crippen molar-refractivity contribution >= 4 is 62.8 Å². The summed E-state index contributed by atoms with van der Waals surface area (Å²) >= 11 is 17.3. The van der Waals surface area contributed by atoms with Gasteiger partial charge in [-0.05, 0) is 43.4 Å². The van der Waals surface area contributed by atoms with Crippen LogP contribution < -0.4 is 0 Å². The van der Waals surface area contributed by atoms with E-state index in [9.17, 15) is 24.3 Å². The standard InChI is InChI=1S/C23H21BrCl2N2O5/c1-2-27-18(30)14-7-6-13-15(16(14)19(27)31)9-22(25)20(32)28(10-24)21(33)23(22,26)17(13)11-4-3-5-12(29)8-11/h3-6,8,14-17,29H,2,7,9-10H2,1H3/t14-,15+,16-,17-,22+,23-/m0/s1. The number of aromatic hydroxyl groups is 1. The number of hydrogen-bond donors (Lipinski definition) is 1. The Kier molecular flexibility index (Phi) is 5.23. The van der Waals surface area contributed by atoms with Crippen molar-refractivity contribution in [1.29, 1.82) is 0 Å². The first-order valence-corrected chi connectivity index (χ1v) is 12.6. The van der Waals surface area contributed by atoms with Crippen LogP contribution in [0.1, 0.15) is 31.2 Å². The van der Waals surface area contributed by atoms with Gasteiger partial charge in [-0.3, -0.25) is 29.0 Å². The zero-order chi connectivity index (χ0) is 23.9. The van der Waals surface area contributed by atoms with Gasteiger partial charge in [0, 0.05) is 12.5 Å². The molecule has 0 spiro atoms. The molecule has 1 aromatic carbocycles. The Balaban J connectivity index is 1.74. The average molecular weight is 556 g/mol. The lowest BCUT2D eigenvalue weighted by molar-refractivity contribution is -0.141. The number of carbonyl (C=O) groups excluding carboxylic acids is 4. The zero-order valence-electron chi connectivity index (χ0n) is 17.6. The van der Waals surface area contributed by atoms with Gasteiger partial charge in [0.2, 0.25) is 11.8 Å². The van der Waals surface area contributed by atoms with Crippen LogP contribution in [0.4, 0.5) is 0 Å². The van der Waals surface area contributed by atoms with Crippen molar-refractivity contribution < 1.29 is 24.3 Å². The van der Waals surface area contributed by atoms with E-state index in [-0.39, 0.29) is 36.0 Å². The quantitative estimate of drug-likeness (QED) is 0.267. The number of fused-ring (bicyclic) bond motifs is 4. The number of phenols is 1. The van der Waals surface area contributed by atoms with Crippen molar-refractivity contribution in [3.8, 4) is 5.75 Å². The fourth-order valence-corrected chi connectivity index (χ4v) is 7.63. The minimum absolute atomic E-state index is 0.0252. The van der Waals surface area contributed by atoms with E-state index in [1.54, 1.807) is 19.1 Å². The molecule has 3 fully saturated rings. The lowest BCUT2D eigenvalue weighted by Crippen LogP contribution is -2.60. The highest BCUT2D eigenvalue weighted by atomic mass is 79.9. The molecule has 2 aliphatic carbocycles. The van der Waals surface area contributed by atoms with Crippen molar-refractivity contribution in [3.63, 3.8) is 0 Å². The van der Waals surface area contributed by atoms with E-state index in [0.29, 0.717) is 17.6 Å². The third-order valence-electron chi connectivity index (χ3n) is 7.63. The molecule has 2 saturated heterocycles. The molecule has 1 aromatic rings. The first kappa shape index (κ1) is 22.9. The summed E-state index contributed by atoms with van der Waals surface area (Å²) in [5, 5.41) is 10.2. The van der Waals surface area contributed by atoms with Crippen molar-refractivity contribution in [3.05, 3.63) is 41.5 Å². The number of benzene rings is 1. The van der Waals surface area contributed by atoms with Crippen molar-refractivity contribution in [1.82, 2.24) is 9.80 Å². The van der Waals surface area contributed by atoms with Crippen LogP contribution in [0.3, 0.4) is 0 Å². The summed E-state index contributed by atoms with van der Waals surface area (Å²) < 4.78 is 0. The Bertz CT molecular complexity index is 1140. The zero-order valence-corrected chi connectivity index (χ0v) is 20.7. The largest absolute Gasteiger partial charge is 0.508 e. The van der Waals surface area contributed by atoms with E-state index in [4.69, 9.17) is 23.2 Å². The minimum Gasteiger partial charge on any atom is -0.508 e. The minimum atomic E-state index is -1.85. The SMILES string of the molecule is CCN1C(=O)[C@H]2[C@H](CC=C3[C@H]2C[C@@]2(Cl)C(=O)N(CBr)C(=O)[C@@]2(Cl)[C@H]3c2cccc(O)c2)C1=O. The molecule has 0 unspecified atom stereocenters. The van der Waals surface area contributed by atoms with Crippen LogP contribution in [-0.4, -0.2) is 60.3 Å². The second-order valence-electron chi connectivity index (χ2n) is 9.00. The van der Waals surface area contributed by atoms with Crippen LogP contribution in [0.2, 0.25) is 0 Å². The van der Waals surface area contributed by atoms with Crippen molar-refractivity contribution in [2.24, 2.45) is 17.8 Å². The molecule has 1 N–H and O–H groups in total. The Hall–Kier alpha value is -1.90. The maximum Gasteiger partial charge on any atom is 0.254 e.